The summed E-state index contributed by atoms with van der Waals surface area (Å²) in [6.45, 7) is 6.25. The normalized spacial score (nSPS) is 12.3. The van der Waals surface area contributed by atoms with Gasteiger partial charge in [-0.1, -0.05) is 11.6 Å². The zero-order valence-corrected chi connectivity index (χ0v) is 12.7. The van der Waals surface area contributed by atoms with E-state index in [-0.39, 0.29) is 6.10 Å². The van der Waals surface area contributed by atoms with Gasteiger partial charge in [-0.3, -0.25) is 0 Å². The number of ether oxygens (including phenoxy) is 3. The molecule has 0 amide bonds. The second-order valence-electron chi connectivity index (χ2n) is 4.21. The number of methoxy groups -OCH3 is 2. The molecule has 0 radical (unpaired) electrons. The Hall–Kier alpha value is -0.970. The standard InChI is InChI=1S/C14H22ClNO3/c1-5-19-10(2)8-16-9-11-6-12(15)14(18-4)13(7-11)17-3/h6-7,10,16H,5,8-9H2,1-4H3. The summed E-state index contributed by atoms with van der Waals surface area (Å²) in [6.07, 6.45) is 0.195. The van der Waals surface area contributed by atoms with Crippen LogP contribution in [0.4, 0.5) is 0 Å². The predicted octanol–water partition coefficient (Wildman–Crippen LogP) is 2.87. The molecule has 1 aromatic rings. The van der Waals surface area contributed by atoms with Crippen molar-refractivity contribution in [1.29, 1.82) is 0 Å². The minimum Gasteiger partial charge on any atom is -0.493 e. The van der Waals surface area contributed by atoms with Crippen LogP contribution in [0.3, 0.4) is 0 Å². The van der Waals surface area contributed by atoms with Gasteiger partial charge in [0.1, 0.15) is 0 Å². The van der Waals surface area contributed by atoms with Gasteiger partial charge in [0.05, 0.1) is 25.3 Å². The van der Waals surface area contributed by atoms with Crippen molar-refractivity contribution in [2.45, 2.75) is 26.5 Å². The van der Waals surface area contributed by atoms with Crippen LogP contribution in [-0.2, 0) is 11.3 Å². The summed E-state index contributed by atoms with van der Waals surface area (Å²) in [4.78, 5) is 0. The van der Waals surface area contributed by atoms with Crippen LogP contribution >= 0.6 is 11.6 Å². The lowest BCUT2D eigenvalue weighted by molar-refractivity contribution is 0.0759. The van der Waals surface area contributed by atoms with Crippen LogP contribution in [0.25, 0.3) is 0 Å². The highest BCUT2D eigenvalue weighted by Crippen LogP contribution is 2.35. The molecule has 108 valence electrons. The molecular weight excluding hydrogens is 266 g/mol. The van der Waals surface area contributed by atoms with Crippen molar-refractivity contribution in [1.82, 2.24) is 5.32 Å². The van der Waals surface area contributed by atoms with Crippen LogP contribution in [0.2, 0.25) is 5.02 Å². The minimum absolute atomic E-state index is 0.195. The Labute approximate surface area is 120 Å². The average Bonchev–Trinajstić information content (AvgIpc) is 2.38. The molecule has 4 nitrogen and oxygen atoms in total. The molecule has 0 spiro atoms. The maximum atomic E-state index is 6.15. The number of rotatable bonds is 8. The van der Waals surface area contributed by atoms with E-state index >= 15 is 0 Å². The number of benzene rings is 1. The number of hydrogen-bond acceptors (Lipinski definition) is 4. The molecule has 0 aliphatic heterocycles. The fourth-order valence-electron chi connectivity index (χ4n) is 1.84. The molecular formula is C14H22ClNO3. The van der Waals surface area contributed by atoms with Crippen molar-refractivity contribution in [3.05, 3.63) is 22.7 Å². The molecule has 0 aromatic heterocycles. The third-order valence-corrected chi connectivity index (χ3v) is 2.99. The van der Waals surface area contributed by atoms with E-state index in [1.807, 2.05) is 26.0 Å². The van der Waals surface area contributed by atoms with E-state index < -0.39 is 0 Å². The summed E-state index contributed by atoms with van der Waals surface area (Å²) < 4.78 is 15.9. The first-order chi connectivity index (χ1) is 9.12. The summed E-state index contributed by atoms with van der Waals surface area (Å²) in [5.41, 5.74) is 1.05. The molecule has 5 heteroatoms. The lowest BCUT2D eigenvalue weighted by atomic mass is 10.2. The van der Waals surface area contributed by atoms with Gasteiger partial charge in [-0.15, -0.1) is 0 Å². The molecule has 0 aliphatic carbocycles. The average molecular weight is 288 g/mol. The Balaban J connectivity index is 2.62. The first-order valence-corrected chi connectivity index (χ1v) is 6.72. The van der Waals surface area contributed by atoms with Crippen LogP contribution in [0.5, 0.6) is 11.5 Å². The quantitative estimate of drug-likeness (QED) is 0.798. The Morgan fingerprint density at radius 3 is 2.58 bits per heavy atom. The molecule has 0 aliphatic rings. The van der Waals surface area contributed by atoms with Crippen LogP contribution in [0, 0.1) is 0 Å². The van der Waals surface area contributed by atoms with Gasteiger partial charge in [0.25, 0.3) is 0 Å². The van der Waals surface area contributed by atoms with E-state index in [9.17, 15) is 0 Å². The Bertz CT molecular complexity index is 399. The van der Waals surface area contributed by atoms with Crippen molar-refractivity contribution in [2.24, 2.45) is 0 Å². The van der Waals surface area contributed by atoms with E-state index in [1.165, 1.54) is 0 Å². The minimum atomic E-state index is 0.195. The van der Waals surface area contributed by atoms with Gasteiger partial charge >= 0.3 is 0 Å². The van der Waals surface area contributed by atoms with Gasteiger partial charge in [-0.2, -0.15) is 0 Å². The molecule has 1 N–H and O–H groups in total. The maximum Gasteiger partial charge on any atom is 0.179 e. The molecule has 1 aromatic carbocycles. The molecule has 19 heavy (non-hydrogen) atoms. The van der Waals surface area contributed by atoms with Gasteiger partial charge in [0.15, 0.2) is 11.5 Å². The molecule has 0 saturated heterocycles. The fraction of sp³-hybridized carbons (Fsp3) is 0.571. The first-order valence-electron chi connectivity index (χ1n) is 6.35. The second-order valence-corrected chi connectivity index (χ2v) is 4.62. The lowest BCUT2D eigenvalue weighted by Crippen LogP contribution is -2.26. The zero-order chi connectivity index (χ0) is 14.3. The summed E-state index contributed by atoms with van der Waals surface area (Å²) in [6, 6.07) is 3.80. The van der Waals surface area contributed by atoms with E-state index in [4.69, 9.17) is 25.8 Å². The van der Waals surface area contributed by atoms with Crippen LogP contribution in [0.1, 0.15) is 19.4 Å². The van der Waals surface area contributed by atoms with Crippen molar-refractivity contribution in [2.75, 3.05) is 27.4 Å². The van der Waals surface area contributed by atoms with Gasteiger partial charge in [-0.25, -0.2) is 0 Å². The zero-order valence-electron chi connectivity index (χ0n) is 12.0. The van der Waals surface area contributed by atoms with E-state index in [0.717, 1.165) is 18.7 Å². The van der Waals surface area contributed by atoms with Gasteiger partial charge in [0.2, 0.25) is 0 Å². The highest BCUT2D eigenvalue weighted by Gasteiger charge is 2.10. The van der Waals surface area contributed by atoms with Gasteiger partial charge in [-0.05, 0) is 31.5 Å². The fourth-order valence-corrected chi connectivity index (χ4v) is 2.15. The molecule has 0 fully saturated rings. The third-order valence-electron chi connectivity index (χ3n) is 2.71. The summed E-state index contributed by atoms with van der Waals surface area (Å²) in [7, 11) is 3.17. The summed E-state index contributed by atoms with van der Waals surface area (Å²) in [5.74, 6) is 1.21. The van der Waals surface area contributed by atoms with Crippen molar-refractivity contribution in [3.8, 4) is 11.5 Å². The monoisotopic (exact) mass is 287 g/mol. The Kier molecular flexibility index (Phi) is 6.99. The number of halogens is 1. The van der Waals surface area contributed by atoms with Gasteiger partial charge in [0, 0.05) is 19.7 Å². The van der Waals surface area contributed by atoms with Crippen molar-refractivity contribution >= 4 is 11.6 Å². The molecule has 0 bridgehead atoms. The Morgan fingerprint density at radius 1 is 1.26 bits per heavy atom. The van der Waals surface area contributed by atoms with Crippen molar-refractivity contribution < 1.29 is 14.2 Å². The maximum absolute atomic E-state index is 6.15. The SMILES string of the molecule is CCOC(C)CNCc1cc(Cl)c(OC)c(OC)c1. The van der Waals surface area contributed by atoms with E-state index in [1.54, 1.807) is 14.2 Å². The number of nitrogens with one attached hydrogen (secondary N) is 1. The molecule has 1 unspecified atom stereocenters. The molecule has 0 heterocycles. The Morgan fingerprint density at radius 2 is 2.00 bits per heavy atom. The molecule has 0 saturated carbocycles. The second kappa shape index (κ2) is 8.25. The topological polar surface area (TPSA) is 39.7 Å². The van der Waals surface area contributed by atoms with E-state index in [2.05, 4.69) is 5.32 Å². The van der Waals surface area contributed by atoms with Crippen LogP contribution in [0.15, 0.2) is 12.1 Å². The summed E-state index contributed by atoms with van der Waals surface area (Å²) >= 11 is 6.15. The highest BCUT2D eigenvalue weighted by molar-refractivity contribution is 6.32. The third kappa shape index (κ3) is 4.90. The highest BCUT2D eigenvalue weighted by atomic mass is 35.5. The first kappa shape index (κ1) is 16.1. The lowest BCUT2D eigenvalue weighted by Gasteiger charge is -2.14. The van der Waals surface area contributed by atoms with Crippen LogP contribution in [-0.4, -0.2) is 33.5 Å². The van der Waals surface area contributed by atoms with Crippen molar-refractivity contribution in [3.63, 3.8) is 0 Å². The predicted molar refractivity (Wildman–Crippen MR) is 77.4 cm³/mol. The molecule has 1 rings (SSSR count). The largest absolute Gasteiger partial charge is 0.493 e. The van der Waals surface area contributed by atoms with Crippen LogP contribution < -0.4 is 14.8 Å². The van der Waals surface area contributed by atoms with E-state index in [0.29, 0.717) is 23.1 Å². The molecule has 1 atom stereocenters. The summed E-state index contributed by atoms with van der Waals surface area (Å²) in [5, 5.41) is 3.87. The number of hydrogen-bond donors (Lipinski definition) is 1. The van der Waals surface area contributed by atoms with Gasteiger partial charge < -0.3 is 19.5 Å². The smallest absolute Gasteiger partial charge is 0.179 e.